The fourth-order valence-electron chi connectivity index (χ4n) is 2.92. The van der Waals surface area contributed by atoms with Gasteiger partial charge in [-0.05, 0) is 49.4 Å². The van der Waals surface area contributed by atoms with Gasteiger partial charge in [0.05, 0.1) is 17.0 Å². The van der Waals surface area contributed by atoms with Crippen LogP contribution in [0, 0.1) is 0 Å². The first-order valence-electron chi connectivity index (χ1n) is 9.45. The van der Waals surface area contributed by atoms with Crippen molar-refractivity contribution in [1.29, 1.82) is 0 Å². The van der Waals surface area contributed by atoms with E-state index in [1.54, 1.807) is 54.1 Å². The number of sulfonamides is 1. The largest absolute Gasteiger partial charge is 0.494 e. The van der Waals surface area contributed by atoms with Crippen molar-refractivity contribution < 1.29 is 13.2 Å². The zero-order valence-corrected chi connectivity index (χ0v) is 17.1. The Hall–Kier alpha value is -2.68. The van der Waals surface area contributed by atoms with Gasteiger partial charge >= 0.3 is 0 Å². The van der Waals surface area contributed by atoms with Gasteiger partial charge in [0.1, 0.15) is 5.75 Å². The molecule has 0 radical (unpaired) electrons. The van der Waals surface area contributed by atoms with E-state index in [4.69, 9.17) is 4.74 Å². The Labute approximate surface area is 170 Å². The van der Waals surface area contributed by atoms with Crippen LogP contribution in [0.1, 0.15) is 6.42 Å². The lowest BCUT2D eigenvalue weighted by Gasteiger charge is -2.10. The van der Waals surface area contributed by atoms with Crippen LogP contribution in [0.5, 0.6) is 5.75 Å². The van der Waals surface area contributed by atoms with Crippen molar-refractivity contribution >= 4 is 20.9 Å². The molecular weight excluding hydrogens is 390 g/mol. The Kier molecular flexibility index (Phi) is 7.03. The molecule has 0 aliphatic heterocycles. The number of pyridine rings is 1. The summed E-state index contributed by atoms with van der Waals surface area (Å²) in [4.78, 5) is 11.9. The van der Waals surface area contributed by atoms with E-state index in [0.717, 1.165) is 29.6 Å². The molecule has 3 aromatic rings. The Morgan fingerprint density at radius 2 is 1.76 bits per heavy atom. The number of rotatable bonds is 10. The predicted octanol–water partition coefficient (Wildman–Crippen LogP) is 1.88. The van der Waals surface area contributed by atoms with E-state index in [9.17, 15) is 13.2 Å². The average molecular weight is 416 g/mol. The number of ether oxygens (including phenoxy) is 1. The molecule has 0 spiro atoms. The van der Waals surface area contributed by atoms with Gasteiger partial charge < -0.3 is 14.6 Å². The molecule has 1 heterocycles. The lowest BCUT2D eigenvalue weighted by atomic mass is 10.2. The summed E-state index contributed by atoms with van der Waals surface area (Å²) in [6, 6.07) is 17.3. The minimum absolute atomic E-state index is 0.0386. The Balaban J connectivity index is 1.35. The van der Waals surface area contributed by atoms with Crippen LogP contribution < -0.4 is 20.3 Å². The summed E-state index contributed by atoms with van der Waals surface area (Å²) in [6.45, 7) is 2.12. The van der Waals surface area contributed by atoms with Crippen molar-refractivity contribution in [1.82, 2.24) is 14.6 Å². The summed E-state index contributed by atoms with van der Waals surface area (Å²) in [6.07, 6.45) is 0.788. The van der Waals surface area contributed by atoms with Gasteiger partial charge in [-0.2, -0.15) is 0 Å². The summed E-state index contributed by atoms with van der Waals surface area (Å²) >= 11 is 0. The molecule has 154 valence electrons. The SMILES string of the molecule is Cn1c(=O)ccc2cc(OCCCNCCNS(=O)(=O)c3ccccc3)ccc21. The van der Waals surface area contributed by atoms with E-state index in [1.165, 1.54) is 0 Å². The highest BCUT2D eigenvalue weighted by Gasteiger charge is 2.11. The summed E-state index contributed by atoms with van der Waals surface area (Å²) in [5.41, 5.74) is 0.827. The van der Waals surface area contributed by atoms with Crippen molar-refractivity contribution in [2.75, 3.05) is 26.2 Å². The third kappa shape index (κ3) is 5.66. The van der Waals surface area contributed by atoms with Crippen molar-refractivity contribution in [3.05, 3.63) is 71.0 Å². The Morgan fingerprint density at radius 3 is 2.55 bits per heavy atom. The van der Waals surface area contributed by atoms with Crippen molar-refractivity contribution in [2.45, 2.75) is 11.3 Å². The second kappa shape index (κ2) is 9.69. The van der Waals surface area contributed by atoms with Crippen molar-refractivity contribution in [2.24, 2.45) is 7.05 Å². The van der Waals surface area contributed by atoms with Crippen LogP contribution in [0.15, 0.2) is 70.4 Å². The van der Waals surface area contributed by atoms with Gasteiger partial charge in [0, 0.05) is 31.6 Å². The van der Waals surface area contributed by atoms with Gasteiger partial charge in [-0.1, -0.05) is 18.2 Å². The molecule has 0 saturated carbocycles. The molecule has 0 aliphatic carbocycles. The van der Waals surface area contributed by atoms with Crippen LogP contribution >= 0.6 is 0 Å². The van der Waals surface area contributed by atoms with Crippen LogP contribution in [-0.4, -0.2) is 39.2 Å². The van der Waals surface area contributed by atoms with E-state index < -0.39 is 10.0 Å². The zero-order valence-electron chi connectivity index (χ0n) is 16.3. The molecule has 3 rings (SSSR count). The topological polar surface area (TPSA) is 89.4 Å². The number of benzene rings is 2. The lowest BCUT2D eigenvalue weighted by molar-refractivity contribution is 0.309. The second-order valence-electron chi connectivity index (χ2n) is 6.61. The zero-order chi connectivity index (χ0) is 20.7. The van der Waals surface area contributed by atoms with Gasteiger partial charge in [0.2, 0.25) is 10.0 Å². The van der Waals surface area contributed by atoms with Gasteiger partial charge in [0.15, 0.2) is 0 Å². The van der Waals surface area contributed by atoms with Crippen LogP contribution in [0.25, 0.3) is 10.9 Å². The molecule has 29 heavy (non-hydrogen) atoms. The molecule has 2 N–H and O–H groups in total. The van der Waals surface area contributed by atoms with E-state index in [-0.39, 0.29) is 10.5 Å². The number of hydrogen-bond acceptors (Lipinski definition) is 5. The molecule has 0 bridgehead atoms. The molecule has 0 aliphatic rings. The molecular formula is C21H25N3O4S. The van der Waals surface area contributed by atoms with Crippen LogP contribution in [0.3, 0.4) is 0 Å². The predicted molar refractivity (Wildman–Crippen MR) is 114 cm³/mol. The third-order valence-electron chi connectivity index (χ3n) is 4.51. The van der Waals surface area contributed by atoms with Crippen LogP contribution in [0.4, 0.5) is 0 Å². The highest BCUT2D eigenvalue weighted by Crippen LogP contribution is 2.19. The normalized spacial score (nSPS) is 11.6. The van der Waals surface area contributed by atoms with Gasteiger partial charge in [-0.3, -0.25) is 4.79 Å². The number of hydrogen-bond donors (Lipinski definition) is 2. The number of nitrogens with zero attached hydrogens (tertiary/aromatic N) is 1. The summed E-state index contributed by atoms with van der Waals surface area (Å²) < 4.78 is 34.1. The van der Waals surface area contributed by atoms with E-state index >= 15 is 0 Å². The lowest BCUT2D eigenvalue weighted by Crippen LogP contribution is -2.32. The minimum Gasteiger partial charge on any atom is -0.494 e. The third-order valence-corrected chi connectivity index (χ3v) is 5.99. The molecule has 1 aromatic heterocycles. The number of aromatic nitrogens is 1. The Bertz CT molecular complexity index is 1110. The first kappa shape index (κ1) is 21.0. The van der Waals surface area contributed by atoms with Crippen molar-refractivity contribution in [3.8, 4) is 5.75 Å². The number of aryl methyl sites for hydroxylation is 1. The first-order chi connectivity index (χ1) is 14.0. The van der Waals surface area contributed by atoms with E-state index in [2.05, 4.69) is 10.0 Å². The van der Waals surface area contributed by atoms with Gasteiger partial charge in [0.25, 0.3) is 5.56 Å². The van der Waals surface area contributed by atoms with Gasteiger partial charge in [-0.25, -0.2) is 13.1 Å². The number of nitrogens with one attached hydrogen (secondary N) is 2. The summed E-state index contributed by atoms with van der Waals surface area (Å²) in [7, 11) is -1.71. The standard InChI is InChI=1S/C21H25N3O4S/c1-24-20-10-9-18(16-17(20)8-11-21(24)25)28-15-5-12-22-13-14-23-29(26,27)19-6-3-2-4-7-19/h2-4,6-11,16,22-23H,5,12-15H2,1H3. The molecule has 2 aromatic carbocycles. The molecule has 7 nitrogen and oxygen atoms in total. The first-order valence-corrected chi connectivity index (χ1v) is 10.9. The summed E-state index contributed by atoms with van der Waals surface area (Å²) in [5, 5.41) is 4.15. The highest BCUT2D eigenvalue weighted by atomic mass is 32.2. The highest BCUT2D eigenvalue weighted by molar-refractivity contribution is 7.89. The van der Waals surface area contributed by atoms with Crippen molar-refractivity contribution in [3.63, 3.8) is 0 Å². The molecule has 0 fully saturated rings. The monoisotopic (exact) mass is 415 g/mol. The fraction of sp³-hybridized carbons (Fsp3) is 0.286. The fourth-order valence-corrected chi connectivity index (χ4v) is 3.97. The molecule has 0 atom stereocenters. The maximum Gasteiger partial charge on any atom is 0.250 e. The van der Waals surface area contributed by atoms with E-state index in [1.807, 2.05) is 18.2 Å². The average Bonchev–Trinajstić information content (AvgIpc) is 2.73. The quantitative estimate of drug-likeness (QED) is 0.494. The maximum atomic E-state index is 12.1. The maximum absolute atomic E-state index is 12.1. The molecule has 8 heteroatoms. The van der Waals surface area contributed by atoms with Crippen LogP contribution in [-0.2, 0) is 17.1 Å². The molecule has 0 unspecified atom stereocenters. The van der Waals surface area contributed by atoms with Gasteiger partial charge in [-0.15, -0.1) is 0 Å². The minimum atomic E-state index is -3.45. The van der Waals surface area contributed by atoms with E-state index in [0.29, 0.717) is 19.7 Å². The smallest absolute Gasteiger partial charge is 0.250 e. The second-order valence-corrected chi connectivity index (χ2v) is 8.38. The summed E-state index contributed by atoms with van der Waals surface area (Å²) in [5.74, 6) is 0.756. The molecule has 0 amide bonds. The Morgan fingerprint density at radius 1 is 0.966 bits per heavy atom. The number of fused-ring (bicyclic) bond motifs is 1. The van der Waals surface area contributed by atoms with Crippen LogP contribution in [0.2, 0.25) is 0 Å². The molecule has 0 saturated heterocycles.